The summed E-state index contributed by atoms with van der Waals surface area (Å²) in [6.45, 7) is 8.62. The number of nitrogens with one attached hydrogen (secondary N) is 1. The van der Waals surface area contributed by atoms with Gasteiger partial charge in [0.05, 0.1) is 18.7 Å². The highest BCUT2D eigenvalue weighted by Gasteiger charge is 2.46. The normalized spacial score (nSPS) is 16.7. The van der Waals surface area contributed by atoms with Crippen molar-refractivity contribution in [3.8, 4) is 11.1 Å². The van der Waals surface area contributed by atoms with E-state index in [0.29, 0.717) is 18.8 Å². The van der Waals surface area contributed by atoms with Crippen molar-refractivity contribution in [3.63, 3.8) is 0 Å². The zero-order valence-electron chi connectivity index (χ0n) is 24.1. The number of hydrogen-bond acceptors (Lipinski definition) is 5. The Hall–Kier alpha value is -3.83. The Morgan fingerprint density at radius 1 is 1.00 bits per heavy atom. The highest BCUT2D eigenvalue weighted by molar-refractivity contribution is 5.73. The highest BCUT2D eigenvalue weighted by atomic mass is 16.6. The van der Waals surface area contributed by atoms with Gasteiger partial charge in [-0.15, -0.1) is 0 Å². The largest absolute Gasteiger partial charge is 0.466 e. The second-order valence-electron chi connectivity index (χ2n) is 11.3. The molecule has 0 saturated heterocycles. The summed E-state index contributed by atoms with van der Waals surface area (Å²) in [5.74, 6) is 6.28. The number of esters is 1. The Bertz CT molecular complexity index is 1430. The summed E-state index contributed by atoms with van der Waals surface area (Å²) in [5, 5.41) is 3.61. The average molecular weight is 537 g/mol. The van der Waals surface area contributed by atoms with Gasteiger partial charge in [-0.3, -0.25) is 4.79 Å². The van der Waals surface area contributed by atoms with Crippen molar-refractivity contribution in [1.82, 2.24) is 5.32 Å². The number of rotatable bonds is 10. The molecule has 3 N–H and O–H groups in total. The third-order valence-corrected chi connectivity index (χ3v) is 8.39. The van der Waals surface area contributed by atoms with Crippen molar-refractivity contribution in [2.75, 3.05) is 6.61 Å². The van der Waals surface area contributed by atoms with Crippen LogP contribution in [0.1, 0.15) is 74.3 Å². The number of carbonyl (C=O) groups is 1. The monoisotopic (exact) mass is 536 g/mol. The molecule has 0 spiro atoms. The van der Waals surface area contributed by atoms with E-state index in [1.54, 1.807) is 0 Å². The van der Waals surface area contributed by atoms with Gasteiger partial charge < -0.3 is 14.9 Å². The van der Waals surface area contributed by atoms with Gasteiger partial charge in [-0.25, -0.2) is 0 Å². The number of ether oxygens (including phenoxy) is 1. The maximum atomic E-state index is 12.1. The van der Waals surface area contributed by atoms with Gasteiger partial charge in [-0.1, -0.05) is 78.4 Å². The van der Waals surface area contributed by atoms with Crippen LogP contribution in [0.15, 0.2) is 78.0 Å². The van der Waals surface area contributed by atoms with E-state index in [2.05, 4.69) is 79.8 Å². The number of aryl methyl sites for hydroxylation is 2. The lowest BCUT2D eigenvalue weighted by molar-refractivity contribution is -0.143. The van der Waals surface area contributed by atoms with E-state index in [9.17, 15) is 4.79 Å². The van der Waals surface area contributed by atoms with Crippen LogP contribution in [0.4, 0.5) is 0 Å². The molecule has 3 aromatic rings. The number of fused-ring (bicyclic) bond motifs is 1. The molecule has 0 radical (unpaired) electrons. The van der Waals surface area contributed by atoms with E-state index in [1.165, 1.54) is 27.8 Å². The molecule has 0 heterocycles. The lowest BCUT2D eigenvalue weighted by Crippen LogP contribution is -2.28. The summed E-state index contributed by atoms with van der Waals surface area (Å²) in [6, 6.07) is 23.7. The molecule has 5 heteroatoms. The van der Waals surface area contributed by atoms with Crippen LogP contribution in [0, 0.1) is 6.92 Å². The lowest BCUT2D eigenvalue weighted by atomic mass is 9.88. The Balaban J connectivity index is 1.28. The van der Waals surface area contributed by atoms with Crippen molar-refractivity contribution in [2.24, 2.45) is 5.90 Å². The van der Waals surface area contributed by atoms with Gasteiger partial charge in [0.25, 0.3) is 0 Å². The first-order valence-electron chi connectivity index (χ1n) is 14.3. The summed E-state index contributed by atoms with van der Waals surface area (Å²) in [4.78, 5) is 17.4. The molecule has 0 amide bonds. The van der Waals surface area contributed by atoms with Crippen LogP contribution in [-0.4, -0.2) is 18.6 Å². The van der Waals surface area contributed by atoms with Gasteiger partial charge in [0, 0.05) is 17.0 Å². The Kier molecular flexibility index (Phi) is 8.13. The molecule has 1 atom stereocenters. The molecule has 5 nitrogen and oxygen atoms in total. The molecule has 40 heavy (non-hydrogen) atoms. The molecule has 2 aliphatic rings. The summed E-state index contributed by atoms with van der Waals surface area (Å²) in [6.07, 6.45) is 6.94. The predicted octanol–water partition coefficient (Wildman–Crippen LogP) is 7.23. The van der Waals surface area contributed by atoms with Crippen LogP contribution in [0.2, 0.25) is 0 Å². The van der Waals surface area contributed by atoms with Crippen molar-refractivity contribution in [1.29, 1.82) is 0 Å². The van der Waals surface area contributed by atoms with Gasteiger partial charge in [-0.2, -0.15) is 5.90 Å². The summed E-state index contributed by atoms with van der Waals surface area (Å²) >= 11 is 0. The van der Waals surface area contributed by atoms with Gasteiger partial charge >= 0.3 is 5.97 Å². The molecule has 0 aliphatic heterocycles. The first kappa shape index (κ1) is 27.7. The molecule has 2 aliphatic carbocycles. The van der Waals surface area contributed by atoms with E-state index in [-0.39, 0.29) is 17.4 Å². The quantitative estimate of drug-likeness (QED) is 0.162. The average Bonchev–Trinajstić information content (AvgIpc) is 3.74. The Morgan fingerprint density at radius 2 is 1.68 bits per heavy atom. The zero-order chi connectivity index (χ0) is 28.3. The SMILES string of the molecule is CCOC(=O)CC1(c2ccc(-c3ccc(/C(ON)=C(/C)NC(C)C4=Cc5cc(C)ccc5CC4)cc3)cc2)CC1. The Morgan fingerprint density at radius 3 is 2.30 bits per heavy atom. The van der Waals surface area contributed by atoms with Crippen molar-refractivity contribution < 1.29 is 14.4 Å². The molecule has 5 rings (SSSR count). The van der Waals surface area contributed by atoms with Gasteiger partial charge in [0.2, 0.25) is 0 Å². The maximum Gasteiger partial charge on any atom is 0.306 e. The first-order chi connectivity index (χ1) is 19.3. The topological polar surface area (TPSA) is 73.6 Å². The van der Waals surface area contributed by atoms with Crippen molar-refractivity contribution in [2.45, 2.75) is 71.3 Å². The van der Waals surface area contributed by atoms with Crippen LogP contribution in [0.5, 0.6) is 0 Å². The molecular formula is C35H40N2O3. The molecule has 208 valence electrons. The molecule has 1 unspecified atom stereocenters. The second-order valence-corrected chi connectivity index (χ2v) is 11.3. The minimum Gasteiger partial charge on any atom is -0.466 e. The maximum absolute atomic E-state index is 12.1. The number of allylic oxidation sites excluding steroid dienone is 1. The second kappa shape index (κ2) is 11.7. The Labute approximate surface area is 238 Å². The van der Waals surface area contributed by atoms with E-state index in [4.69, 9.17) is 15.5 Å². The zero-order valence-corrected chi connectivity index (χ0v) is 24.1. The molecule has 1 saturated carbocycles. The van der Waals surface area contributed by atoms with Gasteiger partial charge in [0.15, 0.2) is 5.76 Å². The molecular weight excluding hydrogens is 496 g/mol. The highest BCUT2D eigenvalue weighted by Crippen LogP contribution is 2.51. The van der Waals surface area contributed by atoms with Crippen molar-refractivity contribution in [3.05, 3.63) is 106 Å². The molecule has 3 aromatic carbocycles. The smallest absolute Gasteiger partial charge is 0.306 e. The van der Waals surface area contributed by atoms with E-state index in [0.717, 1.165) is 48.1 Å². The third-order valence-electron chi connectivity index (χ3n) is 8.39. The standard InChI is InChI=1S/C35H40N2O3/c1-5-39-33(38)22-35(18-19-35)32-16-14-27(15-17-32)26-8-11-29(12-9-26)34(40-36)25(4)37-24(3)30-13-10-28-7-6-23(2)20-31(28)21-30/h6-9,11-12,14-17,20-21,24,37H,5,10,13,18-19,22,36H2,1-4H3/b34-25+. The summed E-state index contributed by atoms with van der Waals surface area (Å²) in [7, 11) is 0. The molecule has 0 bridgehead atoms. The van der Waals surface area contributed by atoms with Crippen LogP contribution >= 0.6 is 0 Å². The fourth-order valence-electron chi connectivity index (χ4n) is 5.86. The predicted molar refractivity (Wildman–Crippen MR) is 162 cm³/mol. The third kappa shape index (κ3) is 6.00. The lowest BCUT2D eigenvalue weighted by Gasteiger charge is -2.24. The minimum absolute atomic E-state index is 0.0511. The fraction of sp³-hybridized carbons (Fsp3) is 0.343. The number of benzene rings is 3. The van der Waals surface area contributed by atoms with E-state index >= 15 is 0 Å². The molecule has 1 fully saturated rings. The van der Waals surface area contributed by atoms with Crippen LogP contribution < -0.4 is 11.2 Å². The van der Waals surface area contributed by atoms with E-state index < -0.39 is 0 Å². The van der Waals surface area contributed by atoms with Crippen molar-refractivity contribution >= 4 is 17.8 Å². The number of hydrogen-bond donors (Lipinski definition) is 2. The van der Waals surface area contributed by atoms with Gasteiger partial charge in [0.1, 0.15) is 0 Å². The summed E-state index contributed by atoms with van der Waals surface area (Å²) in [5.41, 5.74) is 10.6. The van der Waals surface area contributed by atoms with Crippen LogP contribution in [0.3, 0.4) is 0 Å². The molecule has 0 aromatic heterocycles. The van der Waals surface area contributed by atoms with E-state index in [1.807, 2.05) is 26.0 Å². The van der Waals surface area contributed by atoms with Crippen LogP contribution in [-0.2, 0) is 26.2 Å². The summed E-state index contributed by atoms with van der Waals surface area (Å²) < 4.78 is 5.19. The minimum atomic E-state index is -0.110. The number of carbonyl (C=O) groups excluding carboxylic acids is 1. The van der Waals surface area contributed by atoms with Crippen LogP contribution in [0.25, 0.3) is 23.0 Å². The fourth-order valence-corrected chi connectivity index (χ4v) is 5.86. The number of nitrogens with two attached hydrogens (primary N) is 1. The first-order valence-corrected chi connectivity index (χ1v) is 14.3. The van der Waals surface area contributed by atoms with Gasteiger partial charge in [-0.05, 0) is 86.8 Å².